The predicted molar refractivity (Wildman–Crippen MR) is 551 cm³/mol. The van der Waals surface area contributed by atoms with E-state index in [0.29, 0.717) is 67.2 Å². The molecule has 0 spiro atoms. The molecule has 16 rings (SSSR count). The third-order valence-corrected chi connectivity index (χ3v) is 34.2. The normalized spacial score (nSPS) is 26.1. The van der Waals surface area contributed by atoms with Crippen molar-refractivity contribution in [2.45, 2.75) is 439 Å². The largest absolute Gasteiger partial charge is 0.573 e. The van der Waals surface area contributed by atoms with Gasteiger partial charge in [-0.15, -0.1) is 13.2 Å². The van der Waals surface area contributed by atoms with Crippen LogP contribution in [0.25, 0.3) is 0 Å². The number of benzene rings is 4. The van der Waals surface area contributed by atoms with Crippen LogP contribution in [0.5, 0.6) is 5.75 Å². The number of alkyl halides is 3. The topological polar surface area (TPSA) is 24.9 Å². The monoisotopic (exact) mass is 1800 g/mol. The Morgan fingerprint density at radius 3 is 1.12 bits per heavy atom. The lowest BCUT2D eigenvalue weighted by atomic mass is 9.43. The Morgan fingerprint density at radius 1 is 0.398 bits per heavy atom. The highest BCUT2D eigenvalue weighted by atomic mass is 35.5. The van der Waals surface area contributed by atoms with Crippen LogP contribution < -0.4 is 4.74 Å². The minimum absolute atomic E-state index is 0.250. The third kappa shape index (κ3) is 36.9. The van der Waals surface area contributed by atoms with Gasteiger partial charge in [0.05, 0.1) is 6.04 Å². The molecular weight excluding hydrogens is 1590 g/mol. The molecule has 4 aromatic rings. The van der Waals surface area contributed by atoms with Crippen molar-refractivity contribution in [2.75, 3.05) is 39.4 Å². The van der Waals surface area contributed by atoms with Crippen LogP contribution in [0.2, 0.25) is 5.02 Å². The van der Waals surface area contributed by atoms with Gasteiger partial charge in [0.15, 0.2) is 0 Å². The number of likely N-dealkylation sites (tertiary alicyclic amines) is 2. The van der Waals surface area contributed by atoms with Gasteiger partial charge in [0, 0.05) is 51.0 Å². The van der Waals surface area contributed by atoms with Crippen LogP contribution in [0, 0.1) is 137 Å². The van der Waals surface area contributed by atoms with Crippen LogP contribution in [0.4, 0.5) is 13.2 Å². The lowest BCUT2D eigenvalue weighted by molar-refractivity contribution is -0.274. The minimum atomic E-state index is -4.70. The quantitative estimate of drug-likeness (QED) is 0.184. The molecule has 0 amide bonds. The summed E-state index contributed by atoms with van der Waals surface area (Å²) in [6.07, 6.45) is 37.5. The molecule has 0 N–H and O–H groups in total. The second-order valence-corrected chi connectivity index (χ2v) is 54.9. The van der Waals surface area contributed by atoms with Gasteiger partial charge in [-0.3, -0.25) is 9.80 Å². The zero-order chi connectivity index (χ0) is 95.6. The fraction of sp³-hybridized carbons (Fsp3) is 0.800. The number of aryl methyl sites for hydroxylation is 2. The molecule has 4 nitrogen and oxygen atoms in total. The number of rotatable bonds is 7. The van der Waals surface area contributed by atoms with Gasteiger partial charge in [0.2, 0.25) is 0 Å². The molecule has 732 valence electrons. The van der Waals surface area contributed by atoms with Crippen molar-refractivity contribution in [3.63, 3.8) is 0 Å². The first-order valence-corrected chi connectivity index (χ1v) is 53.2. The van der Waals surface area contributed by atoms with Crippen LogP contribution in [-0.4, -0.2) is 55.6 Å². The van der Waals surface area contributed by atoms with Gasteiger partial charge in [0.1, 0.15) is 5.75 Å². The highest BCUT2D eigenvalue weighted by molar-refractivity contribution is 6.30. The summed E-state index contributed by atoms with van der Waals surface area (Å²) in [5.41, 5.74) is 13.7. The number of hydrogen-bond donors (Lipinski definition) is 0. The first kappa shape index (κ1) is 112. The SMILES string of the molecule is CC(C)(C)C12CC3CC(CC(C3)C1)C2.CC(C)(C)C1CCC(C(C)(C)C)CC1.CC(C)(C)C1CCCCC1.CC(C)(C)C1CCOCC1.CC(C)(C)C1CN(C(c2ccccc2)c2ccccc2)C1.CC(C)(C)C1CN(Cc2cc(Cl)cc(OC(F)(F)F)c2)C1.CC(C)(C)c1ccc2c(c1)CCCC2.CC(C)C1CCC(C(C)(C)C)CC1.CC1CCC(C(C)(C)C)CC1. The van der Waals surface area contributed by atoms with Crippen molar-refractivity contribution in [1.29, 1.82) is 0 Å². The molecule has 11 fully saturated rings. The van der Waals surface area contributed by atoms with E-state index in [9.17, 15) is 13.2 Å². The zero-order valence-electron chi connectivity index (χ0n) is 89.6. The van der Waals surface area contributed by atoms with E-state index in [1.54, 1.807) is 55.7 Å². The molecule has 3 saturated heterocycles. The van der Waals surface area contributed by atoms with E-state index >= 15 is 0 Å². The number of hydrogen-bond acceptors (Lipinski definition) is 4. The van der Waals surface area contributed by atoms with Gasteiger partial charge in [0.25, 0.3) is 0 Å². The van der Waals surface area contributed by atoms with E-state index in [2.05, 4.69) is 322 Å². The van der Waals surface area contributed by atoms with E-state index in [1.807, 2.05) is 0 Å². The molecule has 4 bridgehead atoms. The summed E-state index contributed by atoms with van der Waals surface area (Å²) in [6, 6.07) is 33.5. The van der Waals surface area contributed by atoms with Gasteiger partial charge < -0.3 is 9.47 Å². The molecule has 8 heteroatoms. The van der Waals surface area contributed by atoms with Gasteiger partial charge in [-0.1, -0.05) is 351 Å². The summed E-state index contributed by atoms with van der Waals surface area (Å²) in [5.74, 6) is 13.1. The summed E-state index contributed by atoms with van der Waals surface area (Å²) >= 11 is 5.86. The van der Waals surface area contributed by atoms with Crippen LogP contribution in [0.3, 0.4) is 0 Å². The predicted octanol–water partition coefficient (Wildman–Crippen LogP) is 36.9. The van der Waals surface area contributed by atoms with Gasteiger partial charge >= 0.3 is 6.36 Å². The fourth-order valence-corrected chi connectivity index (χ4v) is 24.2. The lowest BCUT2D eigenvalue weighted by Crippen LogP contribution is -2.53. The Labute approximate surface area is 795 Å². The Bertz CT molecular complexity index is 3630. The first-order valence-electron chi connectivity index (χ1n) is 52.8. The van der Waals surface area contributed by atoms with E-state index < -0.39 is 6.36 Å². The fourth-order valence-electron chi connectivity index (χ4n) is 23.9. The van der Waals surface area contributed by atoms with E-state index in [1.165, 1.54) is 190 Å². The second-order valence-electron chi connectivity index (χ2n) is 54.5. The van der Waals surface area contributed by atoms with Crippen molar-refractivity contribution in [1.82, 2.24) is 9.80 Å². The number of nitrogens with zero attached hydrogens (tertiary/aromatic N) is 2. The van der Waals surface area contributed by atoms with Crippen LogP contribution in [0.1, 0.15) is 441 Å². The second kappa shape index (κ2) is 47.6. The van der Waals surface area contributed by atoms with Crippen molar-refractivity contribution < 1.29 is 22.6 Å². The van der Waals surface area contributed by atoms with Gasteiger partial charge in [-0.05, 0) is 348 Å². The van der Waals surface area contributed by atoms with Crippen molar-refractivity contribution in [3.05, 3.63) is 135 Å². The van der Waals surface area contributed by atoms with Crippen molar-refractivity contribution >= 4 is 11.6 Å². The molecule has 3 aliphatic heterocycles. The Kier molecular flexibility index (Phi) is 41.5. The molecule has 0 unspecified atom stereocenters. The van der Waals surface area contributed by atoms with Crippen LogP contribution in [-0.2, 0) is 29.5 Å². The molecule has 0 aromatic heterocycles. The Hall–Kier alpha value is -3.36. The third-order valence-electron chi connectivity index (χ3n) is 34.0. The van der Waals surface area contributed by atoms with Gasteiger partial charge in [-0.2, -0.15) is 0 Å². The molecule has 3 heterocycles. The summed E-state index contributed by atoms with van der Waals surface area (Å²) < 4.78 is 46.0. The van der Waals surface area contributed by atoms with Crippen molar-refractivity contribution in [2.24, 2.45) is 137 Å². The van der Waals surface area contributed by atoms with E-state index in [4.69, 9.17) is 16.3 Å². The van der Waals surface area contributed by atoms with E-state index in [-0.39, 0.29) is 16.2 Å². The molecule has 9 aliphatic carbocycles. The smallest absolute Gasteiger partial charge is 0.406 e. The number of halogens is 4. The van der Waals surface area contributed by atoms with Crippen LogP contribution in [0.15, 0.2) is 97.1 Å². The molecule has 0 radical (unpaired) electrons. The zero-order valence-corrected chi connectivity index (χ0v) is 90.3. The number of ether oxygens (including phenoxy) is 2. The van der Waals surface area contributed by atoms with Crippen LogP contribution >= 0.6 is 11.6 Å². The van der Waals surface area contributed by atoms with Crippen molar-refractivity contribution in [3.8, 4) is 5.75 Å². The average molecular weight is 1800 g/mol. The first-order chi connectivity index (χ1) is 59.0. The molecule has 8 saturated carbocycles. The van der Waals surface area contributed by atoms with E-state index in [0.717, 1.165) is 114 Å². The maximum Gasteiger partial charge on any atom is 0.573 e. The Morgan fingerprint density at radius 2 is 0.766 bits per heavy atom. The maximum atomic E-state index is 12.3. The summed E-state index contributed by atoms with van der Waals surface area (Å²) in [6.45, 7) is 84.8. The molecular formula is C120H202ClF3N2O2. The molecule has 12 aliphatic rings. The molecule has 4 aromatic carbocycles. The Balaban J connectivity index is 0.000000200. The highest BCUT2D eigenvalue weighted by Gasteiger charge is 2.56. The average Bonchev–Trinajstić information content (AvgIpc) is 0.727. The minimum Gasteiger partial charge on any atom is -0.406 e. The van der Waals surface area contributed by atoms with Gasteiger partial charge in [-0.25, -0.2) is 0 Å². The standard InChI is InChI=1S/C20H25N.C15H19ClF3NO.C14H24.C14H20.C14H28.C13H26.C11H22.C10H20.C9H18O/c1-20(2,3)18-14-21(15-18)19(16-10-6-4-7-11-16)17-12-8-5-9-13-17;1-14(2,3)11-8-20(9-11)7-10-4-12(16)6-13(5-10)21-15(17,18)19;1-13(2,3)14-7-10-4-11(8-14)6-12(5-10)9-14;1-14(2,3)13-9-8-11-6-4-5-7-12(11)10-13;1-13(2,3)11-7-9-12(10-8-11)14(4,5)6;1-10(2)11-6-8-12(9-7-11)13(3,4)5;1-9-5-7-10(8-6-9)11(2,3)4;1-10(2,3)9-7-5-4-6-8-9;1-9(2,3)8-4-6-10-7-5-8/h4-13,18-19H,14-15H2,1-3H3;4-6,11H,7-9H2,1-3H3;10-12H,4-9H2,1-3H3;8-10H,4-7H2,1-3H3;11-12H,7-10H2,1-6H3;10-12H,6-9H2,1-5H3;9-10H,5-8H2,1-4H3;9H,4-8H2,1-3H3;8H,4-7H2,1-3H3. The summed E-state index contributed by atoms with van der Waals surface area (Å²) in [7, 11) is 0. The summed E-state index contributed by atoms with van der Waals surface area (Å²) in [5, 5.41) is 0.250. The lowest BCUT2D eigenvalue weighted by Gasteiger charge is -2.62. The number of fused-ring (bicyclic) bond motifs is 1. The highest BCUT2D eigenvalue weighted by Crippen LogP contribution is 2.66. The molecule has 0 atom stereocenters. The molecule has 128 heavy (non-hydrogen) atoms. The maximum absolute atomic E-state index is 12.3. The summed E-state index contributed by atoms with van der Waals surface area (Å²) in [4.78, 5) is 4.81.